The number of pyridine rings is 1. The third-order valence-electron chi connectivity index (χ3n) is 4.12. The van der Waals surface area contributed by atoms with Gasteiger partial charge in [0.05, 0.1) is 25.0 Å². The first-order chi connectivity index (χ1) is 14.1. The Labute approximate surface area is 170 Å². The summed E-state index contributed by atoms with van der Waals surface area (Å²) in [5.41, 5.74) is 2.09. The number of carbonyl (C=O) groups is 1. The van der Waals surface area contributed by atoms with Crippen LogP contribution in [0.2, 0.25) is 0 Å². The molecule has 3 aromatic rings. The van der Waals surface area contributed by atoms with Gasteiger partial charge in [-0.1, -0.05) is 13.8 Å². The zero-order valence-electron chi connectivity index (χ0n) is 16.8. The van der Waals surface area contributed by atoms with Crippen LogP contribution in [0.4, 0.5) is 0 Å². The molecule has 0 saturated heterocycles. The summed E-state index contributed by atoms with van der Waals surface area (Å²) in [6.07, 6.45) is 5.32. The smallest absolute Gasteiger partial charge is 0.252 e. The molecule has 0 bridgehead atoms. The first kappa shape index (κ1) is 20.4. The highest BCUT2D eigenvalue weighted by Gasteiger charge is 2.13. The van der Waals surface area contributed by atoms with Crippen LogP contribution in [0.1, 0.15) is 29.9 Å². The number of aromatic nitrogens is 2. The second-order valence-corrected chi connectivity index (χ2v) is 6.96. The lowest BCUT2D eigenvalue weighted by Crippen LogP contribution is -2.25. The van der Waals surface area contributed by atoms with Crippen molar-refractivity contribution >= 4 is 5.91 Å². The van der Waals surface area contributed by atoms with E-state index in [4.69, 9.17) is 13.9 Å². The fourth-order valence-corrected chi connectivity index (χ4v) is 2.64. The minimum atomic E-state index is -0.163. The zero-order chi connectivity index (χ0) is 20.6. The topological polar surface area (TPSA) is 86.5 Å². The van der Waals surface area contributed by atoms with Crippen LogP contribution >= 0.6 is 0 Å². The third kappa shape index (κ3) is 5.57. The van der Waals surface area contributed by atoms with E-state index in [1.807, 2.05) is 18.2 Å². The van der Waals surface area contributed by atoms with Crippen molar-refractivity contribution in [3.8, 4) is 23.0 Å². The second-order valence-electron chi connectivity index (χ2n) is 6.96. The van der Waals surface area contributed by atoms with Gasteiger partial charge in [0, 0.05) is 30.9 Å². The number of hydrogen-bond acceptors (Lipinski definition) is 6. The molecular weight excluding hydrogens is 370 g/mol. The fourth-order valence-electron chi connectivity index (χ4n) is 2.64. The highest BCUT2D eigenvalue weighted by atomic mass is 16.5. The Bertz CT molecular complexity index is 938. The average Bonchev–Trinajstić information content (AvgIpc) is 3.21. The molecule has 7 heteroatoms. The predicted molar refractivity (Wildman–Crippen MR) is 109 cm³/mol. The Balaban J connectivity index is 1.62. The summed E-state index contributed by atoms with van der Waals surface area (Å²) >= 11 is 0. The maximum Gasteiger partial charge on any atom is 0.252 e. The molecule has 152 valence electrons. The van der Waals surface area contributed by atoms with Gasteiger partial charge in [0.1, 0.15) is 6.26 Å². The van der Waals surface area contributed by atoms with Gasteiger partial charge in [-0.25, -0.2) is 4.98 Å². The largest absolute Gasteiger partial charge is 0.493 e. The monoisotopic (exact) mass is 395 g/mol. The summed E-state index contributed by atoms with van der Waals surface area (Å²) in [5.74, 6) is 2.06. The van der Waals surface area contributed by atoms with E-state index in [1.54, 1.807) is 31.7 Å². The van der Waals surface area contributed by atoms with Crippen molar-refractivity contribution in [1.82, 2.24) is 15.3 Å². The molecule has 0 fully saturated rings. The molecule has 0 saturated carbocycles. The minimum absolute atomic E-state index is 0.163. The van der Waals surface area contributed by atoms with Crippen molar-refractivity contribution in [2.24, 2.45) is 5.92 Å². The van der Waals surface area contributed by atoms with E-state index >= 15 is 0 Å². The molecule has 2 aromatic heterocycles. The maximum absolute atomic E-state index is 12.0. The molecule has 0 radical (unpaired) electrons. The first-order valence-corrected chi connectivity index (χ1v) is 9.50. The van der Waals surface area contributed by atoms with Crippen molar-refractivity contribution in [2.45, 2.75) is 20.3 Å². The van der Waals surface area contributed by atoms with Gasteiger partial charge in [0.15, 0.2) is 11.5 Å². The first-order valence-electron chi connectivity index (χ1n) is 9.50. The van der Waals surface area contributed by atoms with E-state index in [0.29, 0.717) is 48.4 Å². The van der Waals surface area contributed by atoms with Crippen LogP contribution in [0.3, 0.4) is 0 Å². The van der Waals surface area contributed by atoms with Crippen LogP contribution in [0.15, 0.2) is 53.4 Å². The molecule has 1 aromatic carbocycles. The standard InChI is InChI=1S/C22H25N3O4/c1-15(2)13-28-20-11-16(6-7-19(20)27-3)22-25-18(14-29-22)8-10-24-21(26)17-5-4-9-23-12-17/h4-7,9,11-12,14-15H,8,10,13H2,1-3H3,(H,24,26). The van der Waals surface area contributed by atoms with E-state index < -0.39 is 0 Å². The average molecular weight is 395 g/mol. The lowest BCUT2D eigenvalue weighted by Gasteiger charge is -2.13. The molecule has 2 heterocycles. The van der Waals surface area contributed by atoms with Crippen LogP contribution in [0, 0.1) is 5.92 Å². The van der Waals surface area contributed by atoms with Crippen LogP contribution in [0.25, 0.3) is 11.5 Å². The van der Waals surface area contributed by atoms with Gasteiger partial charge in [-0.3, -0.25) is 9.78 Å². The number of oxazole rings is 1. The van der Waals surface area contributed by atoms with E-state index in [0.717, 1.165) is 11.3 Å². The Kier molecular flexibility index (Phi) is 6.84. The SMILES string of the molecule is COc1ccc(-c2nc(CCNC(=O)c3cccnc3)co2)cc1OCC(C)C. The van der Waals surface area contributed by atoms with Crippen LogP contribution in [-0.4, -0.2) is 36.1 Å². The van der Waals surface area contributed by atoms with Gasteiger partial charge < -0.3 is 19.2 Å². The van der Waals surface area contributed by atoms with Gasteiger partial charge in [0.2, 0.25) is 5.89 Å². The van der Waals surface area contributed by atoms with E-state index in [1.165, 1.54) is 6.20 Å². The molecule has 0 spiro atoms. The summed E-state index contributed by atoms with van der Waals surface area (Å²) in [5, 5.41) is 2.85. The van der Waals surface area contributed by atoms with Crippen molar-refractivity contribution < 1.29 is 18.7 Å². The lowest BCUT2D eigenvalue weighted by molar-refractivity contribution is 0.0953. The number of amides is 1. The highest BCUT2D eigenvalue weighted by molar-refractivity contribution is 5.93. The second kappa shape index (κ2) is 9.73. The summed E-state index contributed by atoms with van der Waals surface area (Å²) in [4.78, 5) is 20.5. The highest BCUT2D eigenvalue weighted by Crippen LogP contribution is 2.32. The maximum atomic E-state index is 12.0. The predicted octanol–water partition coefficient (Wildman–Crippen LogP) is 3.75. The van der Waals surface area contributed by atoms with Gasteiger partial charge in [-0.05, 0) is 36.2 Å². The van der Waals surface area contributed by atoms with E-state index in [9.17, 15) is 4.79 Å². The number of carbonyl (C=O) groups excluding carboxylic acids is 1. The number of rotatable bonds is 9. The van der Waals surface area contributed by atoms with Gasteiger partial charge >= 0.3 is 0 Å². The summed E-state index contributed by atoms with van der Waals surface area (Å²) in [6.45, 7) is 5.21. The van der Waals surface area contributed by atoms with E-state index in [-0.39, 0.29) is 5.91 Å². The van der Waals surface area contributed by atoms with Crippen molar-refractivity contribution in [1.29, 1.82) is 0 Å². The van der Waals surface area contributed by atoms with Crippen LogP contribution < -0.4 is 14.8 Å². The molecular formula is C22H25N3O4. The number of methoxy groups -OCH3 is 1. The normalized spacial score (nSPS) is 10.8. The number of nitrogens with one attached hydrogen (secondary N) is 1. The molecule has 7 nitrogen and oxygen atoms in total. The molecule has 0 unspecified atom stereocenters. The third-order valence-corrected chi connectivity index (χ3v) is 4.12. The molecule has 3 rings (SSSR count). The Morgan fingerprint density at radius 2 is 2.10 bits per heavy atom. The van der Waals surface area contributed by atoms with E-state index in [2.05, 4.69) is 29.1 Å². The molecule has 1 N–H and O–H groups in total. The fraction of sp³-hybridized carbons (Fsp3) is 0.318. The Morgan fingerprint density at radius 1 is 1.24 bits per heavy atom. The molecule has 29 heavy (non-hydrogen) atoms. The molecule has 0 aliphatic carbocycles. The van der Waals surface area contributed by atoms with Crippen molar-refractivity contribution in [2.75, 3.05) is 20.3 Å². The van der Waals surface area contributed by atoms with Gasteiger partial charge in [-0.15, -0.1) is 0 Å². The summed E-state index contributed by atoms with van der Waals surface area (Å²) in [7, 11) is 1.61. The molecule has 0 atom stereocenters. The van der Waals surface area contributed by atoms with Crippen LogP contribution in [0.5, 0.6) is 11.5 Å². The van der Waals surface area contributed by atoms with Crippen molar-refractivity contribution in [3.05, 3.63) is 60.2 Å². The number of nitrogens with zero attached hydrogens (tertiary/aromatic N) is 2. The summed E-state index contributed by atoms with van der Waals surface area (Å²) in [6, 6.07) is 9.02. The van der Waals surface area contributed by atoms with Gasteiger partial charge in [0.25, 0.3) is 5.91 Å². The Morgan fingerprint density at radius 3 is 2.83 bits per heavy atom. The van der Waals surface area contributed by atoms with Crippen molar-refractivity contribution in [3.63, 3.8) is 0 Å². The zero-order valence-corrected chi connectivity index (χ0v) is 16.8. The Hall–Kier alpha value is -3.35. The number of ether oxygens (including phenoxy) is 2. The van der Waals surface area contributed by atoms with Crippen LogP contribution in [-0.2, 0) is 6.42 Å². The lowest BCUT2D eigenvalue weighted by atomic mass is 10.2. The quantitative estimate of drug-likeness (QED) is 0.594. The summed E-state index contributed by atoms with van der Waals surface area (Å²) < 4.78 is 16.8. The minimum Gasteiger partial charge on any atom is -0.493 e. The van der Waals surface area contributed by atoms with Gasteiger partial charge in [-0.2, -0.15) is 0 Å². The number of benzene rings is 1. The molecule has 0 aliphatic rings. The molecule has 1 amide bonds. The molecule has 0 aliphatic heterocycles. The number of hydrogen-bond donors (Lipinski definition) is 1.